The molecule has 0 amide bonds. The molecule has 1 aromatic heterocycles. The number of hydrogen-bond acceptors (Lipinski definition) is 7. The van der Waals surface area contributed by atoms with Gasteiger partial charge in [-0.2, -0.15) is 9.29 Å². The van der Waals surface area contributed by atoms with Crippen LogP contribution in [0.1, 0.15) is 17.3 Å². The van der Waals surface area contributed by atoms with Crippen molar-refractivity contribution < 1.29 is 13.2 Å². The summed E-state index contributed by atoms with van der Waals surface area (Å²) in [5.41, 5.74) is 6.09. The van der Waals surface area contributed by atoms with E-state index < -0.39 is 10.0 Å². The van der Waals surface area contributed by atoms with Crippen LogP contribution < -0.4 is 10.6 Å². The number of anilines is 2. The third-order valence-corrected chi connectivity index (χ3v) is 6.27. The Morgan fingerprint density at radius 2 is 1.73 bits per heavy atom. The van der Waals surface area contributed by atoms with Crippen LogP contribution in [0.3, 0.4) is 0 Å². The summed E-state index contributed by atoms with van der Waals surface area (Å²) in [6, 6.07) is 7.57. The van der Waals surface area contributed by atoms with Gasteiger partial charge in [0.15, 0.2) is 5.78 Å². The second-order valence-electron chi connectivity index (χ2n) is 5.88. The lowest BCUT2D eigenvalue weighted by Gasteiger charge is -2.34. The molecule has 0 saturated carbocycles. The number of aromatic nitrogens is 2. The van der Waals surface area contributed by atoms with Crippen LogP contribution in [0.5, 0.6) is 0 Å². The first-order valence-electron chi connectivity index (χ1n) is 7.93. The van der Waals surface area contributed by atoms with Gasteiger partial charge in [0.25, 0.3) is 0 Å². The lowest BCUT2D eigenvalue weighted by Crippen LogP contribution is -2.49. The highest BCUT2D eigenvalue weighted by Gasteiger charge is 2.29. The molecule has 1 fully saturated rings. The Morgan fingerprint density at radius 1 is 1.12 bits per heavy atom. The molecule has 0 unspecified atom stereocenters. The minimum absolute atomic E-state index is 0.0770. The molecule has 0 atom stereocenters. The average molecular weight is 396 g/mol. The zero-order chi connectivity index (χ0) is 18.9. The molecule has 3 rings (SSSR count). The first-order chi connectivity index (χ1) is 12.3. The van der Waals surface area contributed by atoms with Crippen LogP contribution in [0.25, 0.3) is 0 Å². The van der Waals surface area contributed by atoms with Crippen molar-refractivity contribution >= 4 is 39.2 Å². The lowest BCUT2D eigenvalue weighted by molar-refractivity contribution is 0.101. The summed E-state index contributed by atoms with van der Waals surface area (Å²) in [7, 11) is -3.61. The Labute approximate surface area is 156 Å². The van der Waals surface area contributed by atoms with Gasteiger partial charge in [0.2, 0.25) is 16.0 Å². The molecule has 8 nitrogen and oxygen atoms in total. The van der Waals surface area contributed by atoms with Crippen LogP contribution >= 0.6 is 11.6 Å². The van der Waals surface area contributed by atoms with E-state index >= 15 is 0 Å². The number of sulfonamides is 1. The molecule has 138 valence electrons. The molecule has 2 aromatic rings. The smallest absolute Gasteiger partial charge is 0.243 e. The van der Waals surface area contributed by atoms with Crippen LogP contribution in [0.15, 0.2) is 35.2 Å². The van der Waals surface area contributed by atoms with Crippen LogP contribution in [0.2, 0.25) is 5.15 Å². The van der Waals surface area contributed by atoms with Crippen molar-refractivity contribution in [1.29, 1.82) is 0 Å². The van der Waals surface area contributed by atoms with E-state index in [9.17, 15) is 13.2 Å². The first-order valence-corrected chi connectivity index (χ1v) is 9.75. The number of nitrogens with zero attached hydrogens (tertiary/aromatic N) is 4. The fourth-order valence-electron chi connectivity index (χ4n) is 2.75. The number of piperazine rings is 1. The van der Waals surface area contributed by atoms with Gasteiger partial charge in [0, 0.05) is 37.8 Å². The van der Waals surface area contributed by atoms with Gasteiger partial charge in [-0.3, -0.25) is 4.79 Å². The number of nitrogen functional groups attached to an aromatic ring is 1. The number of hydrogen-bond donors (Lipinski definition) is 1. The SMILES string of the molecule is CC(=O)c1ccc(S(=O)(=O)N2CCN(c3cc(Cl)nc(N)n3)CC2)cc1. The van der Waals surface area contributed by atoms with Crippen LogP contribution in [0.4, 0.5) is 11.8 Å². The zero-order valence-electron chi connectivity index (χ0n) is 14.1. The molecular weight excluding hydrogens is 378 g/mol. The highest BCUT2D eigenvalue weighted by molar-refractivity contribution is 7.89. The van der Waals surface area contributed by atoms with Gasteiger partial charge in [0.1, 0.15) is 11.0 Å². The number of nitrogens with two attached hydrogens (primary N) is 1. The minimum atomic E-state index is -3.61. The molecule has 10 heteroatoms. The number of carbonyl (C=O) groups excluding carboxylic acids is 1. The molecule has 0 spiro atoms. The van der Waals surface area contributed by atoms with Crippen molar-refractivity contribution in [2.24, 2.45) is 0 Å². The van der Waals surface area contributed by atoms with Crippen LogP contribution in [0, 0.1) is 0 Å². The van der Waals surface area contributed by atoms with Gasteiger partial charge >= 0.3 is 0 Å². The molecular formula is C16H18ClN5O3S. The van der Waals surface area contributed by atoms with E-state index in [0.29, 0.717) is 37.6 Å². The van der Waals surface area contributed by atoms with Gasteiger partial charge in [-0.15, -0.1) is 0 Å². The largest absolute Gasteiger partial charge is 0.368 e. The average Bonchev–Trinajstić information content (AvgIpc) is 2.61. The summed E-state index contributed by atoms with van der Waals surface area (Å²) in [5.74, 6) is 0.545. The molecule has 0 radical (unpaired) electrons. The zero-order valence-corrected chi connectivity index (χ0v) is 15.7. The third-order valence-electron chi connectivity index (χ3n) is 4.16. The normalized spacial score (nSPS) is 15.8. The third kappa shape index (κ3) is 3.79. The van der Waals surface area contributed by atoms with Gasteiger partial charge in [0.05, 0.1) is 4.90 Å². The molecule has 2 N–H and O–H groups in total. The first kappa shape index (κ1) is 18.6. The summed E-state index contributed by atoms with van der Waals surface area (Å²) < 4.78 is 27.0. The number of carbonyl (C=O) groups is 1. The van der Waals surface area contributed by atoms with E-state index in [0.717, 1.165) is 0 Å². The molecule has 0 bridgehead atoms. The molecule has 1 aliphatic rings. The minimum Gasteiger partial charge on any atom is -0.368 e. The molecule has 0 aliphatic carbocycles. The van der Waals surface area contributed by atoms with E-state index in [2.05, 4.69) is 9.97 Å². The van der Waals surface area contributed by atoms with Crippen molar-refractivity contribution in [2.75, 3.05) is 36.8 Å². The highest BCUT2D eigenvalue weighted by atomic mass is 35.5. The van der Waals surface area contributed by atoms with E-state index in [-0.39, 0.29) is 21.8 Å². The number of benzene rings is 1. The second kappa shape index (κ2) is 7.18. The highest BCUT2D eigenvalue weighted by Crippen LogP contribution is 2.22. The Balaban J connectivity index is 1.73. The van der Waals surface area contributed by atoms with Crippen molar-refractivity contribution in [3.63, 3.8) is 0 Å². The number of Topliss-reactive ketones (excluding diaryl/α,β-unsaturated/α-hetero) is 1. The van der Waals surface area contributed by atoms with Gasteiger partial charge in [-0.25, -0.2) is 13.4 Å². The fraction of sp³-hybridized carbons (Fsp3) is 0.312. The maximum absolute atomic E-state index is 12.8. The predicted molar refractivity (Wildman–Crippen MR) is 98.9 cm³/mol. The maximum atomic E-state index is 12.8. The quantitative estimate of drug-likeness (QED) is 0.615. The van der Waals surface area contributed by atoms with E-state index in [4.69, 9.17) is 17.3 Å². The predicted octanol–water partition coefficient (Wildman–Crippen LogP) is 1.43. The number of rotatable bonds is 4. The van der Waals surface area contributed by atoms with Gasteiger partial charge in [-0.05, 0) is 19.1 Å². The number of ketones is 1. The van der Waals surface area contributed by atoms with E-state index in [1.54, 1.807) is 6.07 Å². The molecule has 26 heavy (non-hydrogen) atoms. The topological polar surface area (TPSA) is 109 Å². The Morgan fingerprint density at radius 3 is 2.27 bits per heavy atom. The van der Waals surface area contributed by atoms with Gasteiger partial charge < -0.3 is 10.6 Å². The van der Waals surface area contributed by atoms with E-state index in [1.165, 1.54) is 35.5 Å². The van der Waals surface area contributed by atoms with Crippen LogP contribution in [-0.2, 0) is 10.0 Å². The maximum Gasteiger partial charge on any atom is 0.243 e. The summed E-state index contributed by atoms with van der Waals surface area (Å²) in [5, 5.41) is 0.244. The number of halogens is 1. The Hall–Kier alpha value is -2.23. The molecule has 1 saturated heterocycles. The Bertz CT molecular complexity index is 905. The second-order valence-corrected chi connectivity index (χ2v) is 8.20. The van der Waals surface area contributed by atoms with E-state index in [1.807, 2.05) is 4.90 Å². The summed E-state index contributed by atoms with van der Waals surface area (Å²) >= 11 is 5.90. The summed E-state index contributed by atoms with van der Waals surface area (Å²) in [4.78, 5) is 21.4. The molecule has 1 aromatic carbocycles. The van der Waals surface area contributed by atoms with Crippen molar-refractivity contribution in [3.05, 3.63) is 41.0 Å². The standard InChI is InChI=1S/C16H18ClN5O3S/c1-11(23)12-2-4-13(5-3-12)26(24,25)22-8-6-21(7-9-22)15-10-14(17)19-16(18)20-15/h2-5,10H,6-9H2,1H3,(H2,18,19,20). The monoisotopic (exact) mass is 395 g/mol. The molecule has 2 heterocycles. The Kier molecular flexibility index (Phi) is 5.12. The van der Waals surface area contributed by atoms with Crippen LogP contribution in [-0.4, -0.2) is 54.7 Å². The van der Waals surface area contributed by atoms with Gasteiger partial charge in [-0.1, -0.05) is 23.7 Å². The summed E-state index contributed by atoms with van der Waals surface area (Å²) in [6.45, 7) is 2.96. The van der Waals surface area contributed by atoms with Crippen molar-refractivity contribution in [3.8, 4) is 0 Å². The fourth-order valence-corrected chi connectivity index (χ4v) is 4.36. The summed E-state index contributed by atoms with van der Waals surface area (Å²) in [6.07, 6.45) is 0. The van der Waals surface area contributed by atoms with Crippen molar-refractivity contribution in [2.45, 2.75) is 11.8 Å². The molecule has 1 aliphatic heterocycles. The lowest BCUT2D eigenvalue weighted by atomic mass is 10.2. The van der Waals surface area contributed by atoms with Crippen molar-refractivity contribution in [1.82, 2.24) is 14.3 Å².